The maximum atomic E-state index is 13.9. The number of hydrogen-bond donors (Lipinski definition) is 1. The van der Waals surface area contributed by atoms with E-state index in [9.17, 15) is 4.39 Å². The predicted octanol–water partition coefficient (Wildman–Crippen LogP) is 3.86. The van der Waals surface area contributed by atoms with E-state index >= 15 is 0 Å². The third-order valence-electron chi connectivity index (χ3n) is 3.03. The van der Waals surface area contributed by atoms with Crippen molar-refractivity contribution < 1.29 is 4.39 Å². The third kappa shape index (κ3) is 2.14. The van der Waals surface area contributed by atoms with E-state index < -0.39 is 6.17 Å². The van der Waals surface area contributed by atoms with Crippen molar-refractivity contribution in [1.29, 1.82) is 0 Å². The lowest BCUT2D eigenvalue weighted by Crippen LogP contribution is -1.99. The van der Waals surface area contributed by atoms with Gasteiger partial charge in [0.25, 0.3) is 0 Å². The van der Waals surface area contributed by atoms with Crippen LogP contribution in [0.5, 0.6) is 0 Å². The van der Waals surface area contributed by atoms with Crippen molar-refractivity contribution >= 4 is 5.69 Å². The third-order valence-corrected chi connectivity index (χ3v) is 3.03. The molecule has 1 aromatic carbocycles. The van der Waals surface area contributed by atoms with Gasteiger partial charge in [-0.25, -0.2) is 4.39 Å². The number of nitrogens with one attached hydrogen (secondary N) is 1. The van der Waals surface area contributed by atoms with Crippen LogP contribution in [0.3, 0.4) is 0 Å². The van der Waals surface area contributed by atoms with Crippen molar-refractivity contribution in [3.8, 4) is 0 Å². The molecule has 0 saturated heterocycles. The highest BCUT2D eigenvalue weighted by Crippen LogP contribution is 2.34. The Hall–Kier alpha value is -1.05. The first-order valence-corrected chi connectivity index (χ1v) is 5.82. The van der Waals surface area contributed by atoms with Crippen LogP contribution < -0.4 is 5.32 Å². The minimum Gasteiger partial charge on any atom is -0.384 e. The van der Waals surface area contributed by atoms with Gasteiger partial charge in [0.05, 0.1) is 0 Å². The van der Waals surface area contributed by atoms with E-state index in [1.807, 2.05) is 12.1 Å². The molecule has 15 heavy (non-hydrogen) atoms. The highest BCUT2D eigenvalue weighted by Gasteiger charge is 2.19. The summed E-state index contributed by atoms with van der Waals surface area (Å²) in [5, 5.41) is 3.29. The fourth-order valence-electron chi connectivity index (χ4n) is 2.17. The monoisotopic (exact) mass is 207 g/mol. The Bertz CT molecular complexity index is 335. The molecule has 1 aliphatic rings. The average molecular weight is 207 g/mol. The summed E-state index contributed by atoms with van der Waals surface area (Å²) in [6, 6.07) is 5.97. The largest absolute Gasteiger partial charge is 0.384 e. The standard InChI is InChI=1S/C13H18FN/c1-2-3-7-12(14)11-6-4-5-10-8-9-15-13(10)11/h4-6,12,15H,2-3,7-9H2,1H3. The Balaban J connectivity index is 2.17. The molecule has 1 aromatic rings. The van der Waals surface area contributed by atoms with E-state index in [1.165, 1.54) is 5.56 Å². The van der Waals surface area contributed by atoms with Crippen LogP contribution in [0.4, 0.5) is 10.1 Å². The molecule has 0 aliphatic carbocycles. The Morgan fingerprint density at radius 2 is 2.33 bits per heavy atom. The number of fused-ring (bicyclic) bond motifs is 1. The normalized spacial score (nSPS) is 15.9. The first kappa shape index (κ1) is 10.5. The second kappa shape index (κ2) is 4.65. The number of unbranched alkanes of at least 4 members (excludes halogenated alkanes) is 1. The lowest BCUT2D eigenvalue weighted by Gasteiger charge is -2.12. The lowest BCUT2D eigenvalue weighted by molar-refractivity contribution is 0.317. The second-order valence-electron chi connectivity index (χ2n) is 4.17. The van der Waals surface area contributed by atoms with Gasteiger partial charge < -0.3 is 5.32 Å². The summed E-state index contributed by atoms with van der Waals surface area (Å²) in [5.74, 6) is 0. The van der Waals surface area contributed by atoms with Crippen molar-refractivity contribution in [2.75, 3.05) is 11.9 Å². The zero-order valence-corrected chi connectivity index (χ0v) is 9.22. The molecule has 1 nitrogen and oxygen atoms in total. The van der Waals surface area contributed by atoms with Crippen LogP contribution >= 0.6 is 0 Å². The fourth-order valence-corrected chi connectivity index (χ4v) is 2.17. The van der Waals surface area contributed by atoms with Gasteiger partial charge in [0.15, 0.2) is 0 Å². The van der Waals surface area contributed by atoms with E-state index in [-0.39, 0.29) is 0 Å². The molecule has 2 heteroatoms. The minimum atomic E-state index is -0.800. The molecule has 1 atom stereocenters. The number of anilines is 1. The summed E-state index contributed by atoms with van der Waals surface area (Å²) >= 11 is 0. The highest BCUT2D eigenvalue weighted by molar-refractivity contribution is 5.61. The molecular formula is C13H18FN. The molecule has 0 aromatic heterocycles. The molecular weight excluding hydrogens is 189 g/mol. The molecule has 0 saturated carbocycles. The fraction of sp³-hybridized carbons (Fsp3) is 0.538. The van der Waals surface area contributed by atoms with Gasteiger partial charge >= 0.3 is 0 Å². The summed E-state index contributed by atoms with van der Waals surface area (Å²) in [5.41, 5.74) is 3.19. The van der Waals surface area contributed by atoms with Crippen LogP contribution in [0.2, 0.25) is 0 Å². The quantitative estimate of drug-likeness (QED) is 0.790. The summed E-state index contributed by atoms with van der Waals surface area (Å²) in [7, 11) is 0. The van der Waals surface area contributed by atoms with Crippen LogP contribution in [-0.4, -0.2) is 6.54 Å². The minimum absolute atomic E-state index is 0.647. The Kier molecular flexibility index (Phi) is 3.24. The van der Waals surface area contributed by atoms with E-state index in [2.05, 4.69) is 18.3 Å². The van der Waals surface area contributed by atoms with Crippen molar-refractivity contribution in [2.24, 2.45) is 0 Å². The summed E-state index contributed by atoms with van der Waals surface area (Å²) in [4.78, 5) is 0. The van der Waals surface area contributed by atoms with Crippen LogP contribution in [0.1, 0.15) is 43.5 Å². The van der Waals surface area contributed by atoms with Gasteiger partial charge in [-0.05, 0) is 18.4 Å². The van der Waals surface area contributed by atoms with Crippen LogP contribution in [0, 0.1) is 0 Å². The SMILES string of the molecule is CCCCC(F)c1cccc2c1NCC2. The van der Waals surface area contributed by atoms with Crippen molar-refractivity contribution in [3.63, 3.8) is 0 Å². The molecule has 0 radical (unpaired) electrons. The molecule has 1 aliphatic heterocycles. The summed E-state index contributed by atoms with van der Waals surface area (Å²) < 4.78 is 13.9. The van der Waals surface area contributed by atoms with Gasteiger partial charge in [-0.2, -0.15) is 0 Å². The second-order valence-corrected chi connectivity index (χ2v) is 4.17. The zero-order chi connectivity index (χ0) is 10.7. The molecule has 0 amide bonds. The first-order chi connectivity index (χ1) is 7.33. The molecule has 2 rings (SSSR count). The smallest absolute Gasteiger partial charge is 0.127 e. The van der Waals surface area contributed by atoms with Gasteiger partial charge in [0.2, 0.25) is 0 Å². The average Bonchev–Trinajstić information content (AvgIpc) is 2.73. The van der Waals surface area contributed by atoms with Crippen molar-refractivity contribution in [2.45, 2.75) is 38.8 Å². The van der Waals surface area contributed by atoms with Crippen LogP contribution in [0.25, 0.3) is 0 Å². The molecule has 1 N–H and O–H groups in total. The highest BCUT2D eigenvalue weighted by atomic mass is 19.1. The Morgan fingerprint density at radius 3 is 3.13 bits per heavy atom. The maximum Gasteiger partial charge on any atom is 0.127 e. The number of hydrogen-bond acceptors (Lipinski definition) is 1. The van der Waals surface area contributed by atoms with Gasteiger partial charge in [-0.3, -0.25) is 0 Å². The maximum absolute atomic E-state index is 13.9. The van der Waals surface area contributed by atoms with Crippen LogP contribution in [-0.2, 0) is 6.42 Å². The predicted molar refractivity (Wildman–Crippen MR) is 62.0 cm³/mol. The van der Waals surface area contributed by atoms with Crippen molar-refractivity contribution in [1.82, 2.24) is 0 Å². The lowest BCUT2D eigenvalue weighted by atomic mass is 10.0. The number of alkyl halides is 1. The Labute approximate surface area is 90.7 Å². The van der Waals surface area contributed by atoms with Gasteiger partial charge in [-0.1, -0.05) is 38.0 Å². The number of rotatable bonds is 4. The summed E-state index contributed by atoms with van der Waals surface area (Å²) in [6.07, 6.45) is 2.90. The van der Waals surface area contributed by atoms with Gasteiger partial charge in [0.1, 0.15) is 6.17 Å². The van der Waals surface area contributed by atoms with Crippen molar-refractivity contribution in [3.05, 3.63) is 29.3 Å². The van der Waals surface area contributed by atoms with Crippen LogP contribution in [0.15, 0.2) is 18.2 Å². The number of halogens is 1. The molecule has 0 fully saturated rings. The topological polar surface area (TPSA) is 12.0 Å². The van der Waals surface area contributed by atoms with Gasteiger partial charge in [-0.15, -0.1) is 0 Å². The van der Waals surface area contributed by atoms with E-state index in [0.717, 1.165) is 37.1 Å². The molecule has 1 unspecified atom stereocenters. The molecule has 0 bridgehead atoms. The summed E-state index contributed by atoms with van der Waals surface area (Å²) in [6.45, 7) is 3.05. The number of para-hydroxylation sites is 1. The van der Waals surface area contributed by atoms with E-state index in [1.54, 1.807) is 0 Å². The number of benzene rings is 1. The molecule has 82 valence electrons. The molecule has 0 spiro atoms. The zero-order valence-electron chi connectivity index (χ0n) is 9.22. The first-order valence-electron chi connectivity index (χ1n) is 5.82. The van der Waals surface area contributed by atoms with Gasteiger partial charge in [0, 0.05) is 17.8 Å². The molecule has 1 heterocycles. The Morgan fingerprint density at radius 1 is 1.47 bits per heavy atom. The van der Waals surface area contributed by atoms with E-state index in [4.69, 9.17) is 0 Å². The van der Waals surface area contributed by atoms with E-state index in [0.29, 0.717) is 6.42 Å².